The zero-order valence-electron chi connectivity index (χ0n) is 14.3. The number of aromatic amines is 1. The number of nitro benzene ring substituents is 1. The molecule has 26 heavy (non-hydrogen) atoms. The Bertz CT molecular complexity index is 952. The number of nitro groups is 1. The summed E-state index contributed by atoms with van der Waals surface area (Å²) in [5, 5.41) is 21.6. The largest absolute Gasteiger partial charge is 0.366 e. The highest BCUT2D eigenvalue weighted by molar-refractivity contribution is 5.95. The Morgan fingerprint density at radius 3 is 2.54 bits per heavy atom. The van der Waals surface area contributed by atoms with E-state index in [1.807, 2.05) is 30.3 Å². The average molecular weight is 351 g/mol. The Kier molecular flexibility index (Phi) is 4.74. The van der Waals surface area contributed by atoms with Crippen molar-refractivity contribution in [3.63, 3.8) is 0 Å². The van der Waals surface area contributed by atoms with Crippen LogP contribution >= 0.6 is 0 Å². The molecular formula is C18H17N5O3. The number of hydrogen-bond donors (Lipinski definition) is 2. The van der Waals surface area contributed by atoms with Crippen molar-refractivity contribution in [1.29, 1.82) is 0 Å². The number of nitrogens with zero attached hydrogens (tertiary/aromatic N) is 3. The zero-order valence-corrected chi connectivity index (χ0v) is 14.3. The van der Waals surface area contributed by atoms with Crippen LogP contribution in [0.2, 0.25) is 0 Å². The summed E-state index contributed by atoms with van der Waals surface area (Å²) in [4.78, 5) is 26.8. The van der Waals surface area contributed by atoms with Crippen LogP contribution in [0.1, 0.15) is 40.5 Å². The third-order valence-corrected chi connectivity index (χ3v) is 3.91. The van der Waals surface area contributed by atoms with Crippen molar-refractivity contribution in [2.75, 3.05) is 5.32 Å². The molecule has 0 bridgehead atoms. The molecule has 8 heteroatoms. The van der Waals surface area contributed by atoms with E-state index in [9.17, 15) is 14.9 Å². The second kappa shape index (κ2) is 7.14. The molecule has 0 fully saturated rings. The smallest absolute Gasteiger partial charge is 0.293 e. The normalized spacial score (nSPS) is 11.8. The molecule has 3 rings (SSSR count). The van der Waals surface area contributed by atoms with E-state index in [1.165, 1.54) is 19.1 Å². The first-order valence-corrected chi connectivity index (χ1v) is 7.95. The number of Topliss-reactive ketones (excluding diaryl/α,β-unsaturated/α-hetero) is 1. The molecule has 1 heterocycles. The maximum atomic E-state index is 11.5. The molecule has 1 atom stereocenters. The molecule has 1 aromatic heterocycles. The van der Waals surface area contributed by atoms with Crippen molar-refractivity contribution in [2.45, 2.75) is 19.9 Å². The van der Waals surface area contributed by atoms with Gasteiger partial charge in [0.25, 0.3) is 5.69 Å². The van der Waals surface area contributed by atoms with Crippen molar-refractivity contribution in [1.82, 2.24) is 15.2 Å². The summed E-state index contributed by atoms with van der Waals surface area (Å²) < 4.78 is 0. The highest BCUT2D eigenvalue weighted by Crippen LogP contribution is 2.31. The molecule has 0 aliphatic carbocycles. The molecule has 0 amide bonds. The third kappa shape index (κ3) is 3.59. The molecule has 0 saturated heterocycles. The summed E-state index contributed by atoms with van der Waals surface area (Å²) in [6.45, 7) is 3.15. The number of aryl methyl sites for hydroxylation is 1. The summed E-state index contributed by atoms with van der Waals surface area (Å²) in [6.07, 6.45) is 0. The Balaban J connectivity index is 2.05. The van der Waals surface area contributed by atoms with E-state index < -0.39 is 11.0 Å². The lowest BCUT2D eigenvalue weighted by molar-refractivity contribution is -0.384. The van der Waals surface area contributed by atoms with Gasteiger partial charge in [-0.25, -0.2) is 4.98 Å². The molecule has 2 N–H and O–H groups in total. The zero-order chi connectivity index (χ0) is 18.7. The SMILES string of the molecule is CC(=O)c1ccc(NC(c2ccccc2)c2n[nH]c(C)n2)c([N+](=O)[O-])c1. The van der Waals surface area contributed by atoms with Crippen LogP contribution in [0.15, 0.2) is 48.5 Å². The molecule has 0 radical (unpaired) electrons. The fourth-order valence-corrected chi connectivity index (χ4v) is 2.61. The van der Waals surface area contributed by atoms with Gasteiger partial charge < -0.3 is 5.32 Å². The van der Waals surface area contributed by atoms with Gasteiger partial charge in [0.05, 0.1) is 4.92 Å². The highest BCUT2D eigenvalue weighted by Gasteiger charge is 2.23. The van der Waals surface area contributed by atoms with Crippen LogP contribution in [0.4, 0.5) is 11.4 Å². The first-order chi connectivity index (χ1) is 12.5. The fraction of sp³-hybridized carbons (Fsp3) is 0.167. The fourth-order valence-electron chi connectivity index (χ4n) is 2.61. The first-order valence-electron chi connectivity index (χ1n) is 7.95. The first kappa shape index (κ1) is 17.3. The van der Waals surface area contributed by atoms with Gasteiger partial charge in [-0.05, 0) is 31.5 Å². The molecule has 132 valence electrons. The Morgan fingerprint density at radius 2 is 1.96 bits per heavy atom. The lowest BCUT2D eigenvalue weighted by Crippen LogP contribution is -2.15. The molecule has 8 nitrogen and oxygen atoms in total. The standard InChI is InChI=1S/C18H17N5O3/c1-11(24)14-8-9-15(16(10-14)23(25)26)20-17(13-6-4-3-5-7-13)18-19-12(2)21-22-18/h3-10,17,20H,1-2H3,(H,19,21,22). The number of H-pyrrole nitrogens is 1. The summed E-state index contributed by atoms with van der Waals surface area (Å²) in [7, 11) is 0. The van der Waals surface area contributed by atoms with E-state index in [0.717, 1.165) is 5.56 Å². The summed E-state index contributed by atoms with van der Waals surface area (Å²) in [5.41, 5.74) is 1.26. The second-order valence-corrected chi connectivity index (χ2v) is 5.81. The van der Waals surface area contributed by atoms with Gasteiger partial charge >= 0.3 is 0 Å². The number of ketones is 1. The van der Waals surface area contributed by atoms with E-state index in [4.69, 9.17) is 0 Å². The van der Waals surface area contributed by atoms with Crippen LogP contribution in [0.5, 0.6) is 0 Å². The minimum absolute atomic E-state index is 0.175. The number of nitrogens with one attached hydrogen (secondary N) is 2. The van der Waals surface area contributed by atoms with Gasteiger partial charge in [-0.1, -0.05) is 30.3 Å². The van der Waals surface area contributed by atoms with Gasteiger partial charge in [0.15, 0.2) is 11.6 Å². The van der Waals surface area contributed by atoms with Crippen LogP contribution in [-0.2, 0) is 0 Å². The quantitative estimate of drug-likeness (QED) is 0.399. The van der Waals surface area contributed by atoms with Crippen LogP contribution in [0.3, 0.4) is 0 Å². The number of anilines is 1. The van der Waals surface area contributed by atoms with E-state index in [-0.39, 0.29) is 22.7 Å². The topological polar surface area (TPSA) is 114 Å². The predicted octanol–water partition coefficient (Wildman–Crippen LogP) is 3.43. The van der Waals surface area contributed by atoms with Crippen molar-refractivity contribution in [3.8, 4) is 0 Å². The molecule has 1 unspecified atom stereocenters. The monoisotopic (exact) mass is 351 g/mol. The molecule has 0 saturated carbocycles. The molecule has 3 aromatic rings. The second-order valence-electron chi connectivity index (χ2n) is 5.81. The molecule has 0 aliphatic rings. The summed E-state index contributed by atoms with van der Waals surface area (Å²) in [5.74, 6) is 0.881. The highest BCUT2D eigenvalue weighted by atomic mass is 16.6. The minimum Gasteiger partial charge on any atom is -0.366 e. The van der Waals surface area contributed by atoms with Crippen LogP contribution in [0, 0.1) is 17.0 Å². The van der Waals surface area contributed by atoms with Crippen molar-refractivity contribution >= 4 is 17.2 Å². The van der Waals surface area contributed by atoms with Gasteiger partial charge in [-0.3, -0.25) is 20.0 Å². The van der Waals surface area contributed by atoms with Crippen LogP contribution < -0.4 is 5.32 Å². The minimum atomic E-state index is -0.514. The molecular weight excluding hydrogens is 334 g/mol. The summed E-state index contributed by atoms with van der Waals surface area (Å²) in [6, 6.07) is 13.3. The Hall–Kier alpha value is -3.55. The lowest BCUT2D eigenvalue weighted by Gasteiger charge is -2.18. The maximum Gasteiger partial charge on any atom is 0.293 e. The Morgan fingerprint density at radius 1 is 1.23 bits per heavy atom. The van der Waals surface area contributed by atoms with Gasteiger partial charge in [0.2, 0.25) is 0 Å². The molecule has 0 spiro atoms. The predicted molar refractivity (Wildman–Crippen MR) is 96.1 cm³/mol. The lowest BCUT2D eigenvalue weighted by atomic mass is 10.0. The van der Waals surface area contributed by atoms with Crippen molar-refractivity contribution in [3.05, 3.63) is 81.4 Å². The molecule has 2 aromatic carbocycles. The van der Waals surface area contributed by atoms with E-state index in [2.05, 4.69) is 20.5 Å². The molecule has 0 aliphatic heterocycles. The third-order valence-electron chi connectivity index (χ3n) is 3.91. The van der Waals surface area contributed by atoms with Gasteiger partial charge in [0.1, 0.15) is 17.6 Å². The van der Waals surface area contributed by atoms with Gasteiger partial charge in [-0.2, -0.15) is 5.10 Å². The Labute approximate surface area is 149 Å². The van der Waals surface area contributed by atoms with Crippen molar-refractivity contribution < 1.29 is 9.72 Å². The number of aromatic nitrogens is 3. The van der Waals surface area contributed by atoms with Crippen LogP contribution in [-0.4, -0.2) is 25.9 Å². The number of carbonyl (C=O) groups excluding carboxylic acids is 1. The van der Waals surface area contributed by atoms with Gasteiger partial charge in [-0.15, -0.1) is 0 Å². The van der Waals surface area contributed by atoms with E-state index in [0.29, 0.717) is 11.6 Å². The van der Waals surface area contributed by atoms with Crippen LogP contribution in [0.25, 0.3) is 0 Å². The number of carbonyl (C=O) groups is 1. The number of rotatable bonds is 6. The number of benzene rings is 2. The van der Waals surface area contributed by atoms with E-state index in [1.54, 1.807) is 13.0 Å². The van der Waals surface area contributed by atoms with Gasteiger partial charge in [0, 0.05) is 11.6 Å². The maximum absolute atomic E-state index is 11.5. The van der Waals surface area contributed by atoms with E-state index >= 15 is 0 Å². The van der Waals surface area contributed by atoms with Crippen molar-refractivity contribution in [2.24, 2.45) is 0 Å². The summed E-state index contributed by atoms with van der Waals surface area (Å²) >= 11 is 0. The number of hydrogen-bond acceptors (Lipinski definition) is 6. The average Bonchev–Trinajstić information content (AvgIpc) is 3.06.